The molecule has 0 amide bonds. The number of hydrogen-bond acceptors (Lipinski definition) is 10. The lowest BCUT2D eigenvalue weighted by molar-refractivity contribution is 0.256. The van der Waals surface area contributed by atoms with E-state index in [0.29, 0.717) is 17.6 Å². The number of rotatable bonds is 10. The van der Waals surface area contributed by atoms with Gasteiger partial charge in [-0.25, -0.2) is 4.98 Å². The van der Waals surface area contributed by atoms with Crippen molar-refractivity contribution in [2.75, 3.05) is 49.5 Å². The Bertz CT molecular complexity index is 1460. The topological polar surface area (TPSA) is 121 Å². The normalized spacial score (nSPS) is 14.9. The van der Waals surface area contributed by atoms with Gasteiger partial charge in [0, 0.05) is 75.2 Å². The van der Waals surface area contributed by atoms with Gasteiger partial charge in [0.1, 0.15) is 5.82 Å². The molecule has 1 aliphatic heterocycles. The molecule has 3 N–H and O–H groups in total. The van der Waals surface area contributed by atoms with Gasteiger partial charge in [-0.15, -0.1) is 5.10 Å². The maximum absolute atomic E-state index is 5.97. The number of anilines is 3. The van der Waals surface area contributed by atoms with Gasteiger partial charge in [-0.1, -0.05) is 13.8 Å². The Morgan fingerprint density at radius 1 is 1.05 bits per heavy atom. The van der Waals surface area contributed by atoms with E-state index < -0.39 is 0 Å². The van der Waals surface area contributed by atoms with Crippen LogP contribution in [0.1, 0.15) is 37.3 Å². The average molecular weight is 537 g/mol. The van der Waals surface area contributed by atoms with E-state index in [1.54, 1.807) is 18.6 Å². The molecule has 206 valence electrons. The van der Waals surface area contributed by atoms with Crippen LogP contribution in [0, 0.1) is 0 Å². The molecule has 0 aromatic carbocycles. The zero-order valence-electron chi connectivity index (χ0n) is 23.1. The van der Waals surface area contributed by atoms with Crippen LogP contribution in [0.5, 0.6) is 0 Å². The highest BCUT2D eigenvalue weighted by Gasteiger charge is 2.16. The molecule has 0 aliphatic carbocycles. The molecule has 4 aromatic heterocycles. The third kappa shape index (κ3) is 6.95. The van der Waals surface area contributed by atoms with Crippen molar-refractivity contribution >= 4 is 40.1 Å². The van der Waals surface area contributed by atoms with Gasteiger partial charge in [0.25, 0.3) is 0 Å². The van der Waals surface area contributed by atoms with E-state index in [9.17, 15) is 0 Å². The fourth-order valence-corrected chi connectivity index (χ4v) is 4.66. The largest absolute Gasteiger partial charge is 0.404 e. The third-order valence-electron chi connectivity index (χ3n) is 7.02. The highest BCUT2D eigenvalue weighted by Crippen LogP contribution is 2.22. The predicted molar refractivity (Wildman–Crippen MR) is 162 cm³/mol. The molecule has 10 nitrogen and oxygen atoms in total. The van der Waals surface area contributed by atoms with E-state index in [4.69, 9.17) is 10.7 Å². The molecular formula is C30H36N10. The minimum atomic E-state index is 0.365. The van der Waals surface area contributed by atoms with Gasteiger partial charge >= 0.3 is 0 Å². The number of aromatic nitrogens is 5. The van der Waals surface area contributed by atoms with Gasteiger partial charge in [-0.3, -0.25) is 19.9 Å². The van der Waals surface area contributed by atoms with Crippen LogP contribution in [0.3, 0.4) is 0 Å². The maximum Gasteiger partial charge on any atom is 0.154 e. The van der Waals surface area contributed by atoms with E-state index in [0.717, 1.165) is 73.4 Å². The number of nitrogens with two attached hydrogens (primary N) is 1. The SMILES string of the molecule is CC(C)c1cnnc(Nc2ccc3ncc(C(C=NCCCN4CCN(c5cccnc5)CC4)=CN)cc3n2)c1. The van der Waals surface area contributed by atoms with Crippen LogP contribution < -0.4 is 16.0 Å². The van der Waals surface area contributed by atoms with E-state index in [-0.39, 0.29) is 0 Å². The summed E-state index contributed by atoms with van der Waals surface area (Å²) < 4.78 is 0. The van der Waals surface area contributed by atoms with E-state index >= 15 is 0 Å². The molecule has 40 heavy (non-hydrogen) atoms. The molecule has 0 unspecified atom stereocenters. The molecule has 1 fully saturated rings. The summed E-state index contributed by atoms with van der Waals surface area (Å²) in [6.45, 7) is 10.2. The van der Waals surface area contributed by atoms with Gasteiger partial charge in [-0.2, -0.15) is 5.10 Å². The van der Waals surface area contributed by atoms with E-state index in [2.05, 4.69) is 60.2 Å². The molecule has 1 saturated heterocycles. The van der Waals surface area contributed by atoms with Crippen LogP contribution in [0.15, 0.2) is 72.4 Å². The number of nitrogens with one attached hydrogen (secondary N) is 1. The number of piperazine rings is 1. The van der Waals surface area contributed by atoms with Crippen molar-refractivity contribution in [2.45, 2.75) is 26.2 Å². The number of pyridine rings is 3. The van der Waals surface area contributed by atoms with Crippen molar-refractivity contribution in [2.24, 2.45) is 10.7 Å². The minimum Gasteiger partial charge on any atom is -0.404 e. The number of aliphatic imine (C=N–C) groups is 1. The summed E-state index contributed by atoms with van der Waals surface area (Å²) in [5, 5.41) is 11.5. The first kappa shape index (κ1) is 27.1. The van der Waals surface area contributed by atoms with Crippen LogP contribution in [-0.2, 0) is 0 Å². The fourth-order valence-electron chi connectivity index (χ4n) is 4.66. The molecule has 0 bridgehead atoms. The Labute approximate surface area is 235 Å². The molecule has 4 aromatic rings. The molecule has 0 radical (unpaired) electrons. The molecule has 5 heterocycles. The first-order chi connectivity index (χ1) is 19.6. The molecular weight excluding hydrogens is 500 g/mol. The van der Waals surface area contributed by atoms with Crippen molar-refractivity contribution in [3.05, 3.63) is 78.5 Å². The second-order valence-corrected chi connectivity index (χ2v) is 10.2. The lowest BCUT2D eigenvalue weighted by Gasteiger charge is -2.35. The van der Waals surface area contributed by atoms with Gasteiger partial charge in [0.15, 0.2) is 5.82 Å². The third-order valence-corrected chi connectivity index (χ3v) is 7.02. The van der Waals surface area contributed by atoms with E-state index in [1.165, 1.54) is 5.69 Å². The van der Waals surface area contributed by atoms with Gasteiger partial charge < -0.3 is 16.0 Å². The van der Waals surface area contributed by atoms with Crippen molar-refractivity contribution in [3.8, 4) is 0 Å². The van der Waals surface area contributed by atoms with Crippen LogP contribution >= 0.6 is 0 Å². The second-order valence-electron chi connectivity index (χ2n) is 10.2. The molecule has 0 saturated carbocycles. The van der Waals surface area contributed by atoms with Crippen molar-refractivity contribution in [3.63, 3.8) is 0 Å². The molecule has 1 aliphatic rings. The Kier molecular flexibility index (Phi) is 8.87. The Morgan fingerprint density at radius 3 is 2.70 bits per heavy atom. The number of fused-ring (bicyclic) bond motifs is 1. The Hall–Kier alpha value is -4.44. The van der Waals surface area contributed by atoms with Crippen LogP contribution in [0.25, 0.3) is 16.6 Å². The van der Waals surface area contributed by atoms with Gasteiger partial charge in [0.2, 0.25) is 0 Å². The first-order valence-electron chi connectivity index (χ1n) is 13.7. The summed E-state index contributed by atoms with van der Waals surface area (Å²) in [7, 11) is 0. The standard InChI is InChI=1S/C30H36N10/c1-22(2)23-16-30(38-35-20-23)37-29-7-6-27-28(36-29)15-24(19-34-27)25(17-31)18-32-9-4-10-39-11-13-40(14-12-39)26-5-3-8-33-21-26/h3,5-8,15-22H,4,9-14,31H2,1-2H3,(H,36,37,38). The zero-order chi connectivity index (χ0) is 27.7. The summed E-state index contributed by atoms with van der Waals surface area (Å²) in [4.78, 5) is 23.1. The summed E-state index contributed by atoms with van der Waals surface area (Å²) in [6, 6.07) is 11.9. The van der Waals surface area contributed by atoms with Gasteiger partial charge in [-0.05, 0) is 54.3 Å². The average Bonchev–Trinajstić information content (AvgIpc) is 2.99. The smallest absolute Gasteiger partial charge is 0.154 e. The fraction of sp³-hybridized carbons (Fsp3) is 0.333. The number of nitrogens with zero attached hydrogens (tertiary/aromatic N) is 8. The maximum atomic E-state index is 5.97. The second kappa shape index (κ2) is 13.1. The summed E-state index contributed by atoms with van der Waals surface area (Å²) in [5.74, 6) is 1.70. The predicted octanol–water partition coefficient (Wildman–Crippen LogP) is 4.26. The summed E-state index contributed by atoms with van der Waals surface area (Å²) in [5.41, 5.74) is 11.5. The lowest BCUT2D eigenvalue weighted by atomic mass is 10.1. The van der Waals surface area contributed by atoms with Crippen molar-refractivity contribution < 1.29 is 0 Å². The van der Waals surface area contributed by atoms with E-state index in [1.807, 2.05) is 48.9 Å². The monoisotopic (exact) mass is 536 g/mol. The van der Waals surface area contributed by atoms with Crippen LogP contribution in [-0.4, -0.2) is 75.5 Å². The van der Waals surface area contributed by atoms with Crippen LogP contribution in [0.4, 0.5) is 17.3 Å². The molecule has 5 rings (SSSR count). The minimum absolute atomic E-state index is 0.365. The summed E-state index contributed by atoms with van der Waals surface area (Å²) in [6.07, 6.45) is 11.7. The van der Waals surface area contributed by atoms with Crippen molar-refractivity contribution in [1.29, 1.82) is 0 Å². The summed E-state index contributed by atoms with van der Waals surface area (Å²) >= 11 is 0. The first-order valence-corrected chi connectivity index (χ1v) is 13.7. The molecule has 0 spiro atoms. The molecule has 10 heteroatoms. The zero-order valence-corrected chi connectivity index (χ0v) is 23.1. The number of allylic oxidation sites excluding steroid dienone is 1. The Morgan fingerprint density at radius 2 is 1.93 bits per heavy atom. The van der Waals surface area contributed by atoms with Gasteiger partial charge in [0.05, 0.1) is 29.1 Å². The number of hydrogen-bond donors (Lipinski definition) is 2. The highest BCUT2D eigenvalue weighted by atomic mass is 15.3. The Balaban J connectivity index is 1.14. The van der Waals surface area contributed by atoms with Crippen molar-refractivity contribution in [1.82, 2.24) is 30.0 Å². The quantitative estimate of drug-likeness (QED) is 0.226. The molecule has 0 atom stereocenters. The lowest BCUT2D eigenvalue weighted by Crippen LogP contribution is -2.46. The van der Waals surface area contributed by atoms with Crippen LogP contribution in [0.2, 0.25) is 0 Å². The highest BCUT2D eigenvalue weighted by molar-refractivity contribution is 6.10.